The smallest absolute Gasteiger partial charge is 0.255 e. The molecule has 5 nitrogen and oxygen atoms in total. The van der Waals surface area contributed by atoms with Crippen molar-refractivity contribution in [2.75, 3.05) is 18.4 Å². The predicted molar refractivity (Wildman–Crippen MR) is 108 cm³/mol. The molecule has 0 atom stereocenters. The van der Waals surface area contributed by atoms with E-state index in [0.717, 1.165) is 25.7 Å². The van der Waals surface area contributed by atoms with E-state index in [1.807, 2.05) is 0 Å². The van der Waals surface area contributed by atoms with E-state index in [1.165, 1.54) is 40.7 Å². The average molecular weight is 425 g/mol. The quantitative estimate of drug-likeness (QED) is 0.779. The molecule has 1 heterocycles. The van der Waals surface area contributed by atoms with Crippen LogP contribution in [0.5, 0.6) is 0 Å². The predicted octanol–water partition coefficient (Wildman–Crippen LogP) is 4.60. The van der Waals surface area contributed by atoms with E-state index in [0.29, 0.717) is 24.3 Å². The van der Waals surface area contributed by atoms with E-state index in [1.54, 1.807) is 6.92 Å². The first-order chi connectivity index (χ1) is 13.3. The lowest BCUT2D eigenvalue weighted by molar-refractivity contribution is 0.102. The van der Waals surface area contributed by atoms with Crippen molar-refractivity contribution in [2.24, 2.45) is 0 Å². The lowest BCUT2D eigenvalue weighted by Crippen LogP contribution is -2.32. The van der Waals surface area contributed by atoms with Crippen LogP contribution in [0.1, 0.15) is 41.6 Å². The van der Waals surface area contributed by atoms with Crippen LogP contribution in [0.25, 0.3) is 0 Å². The molecule has 0 unspecified atom stereocenters. The van der Waals surface area contributed by atoms with E-state index in [4.69, 9.17) is 11.6 Å². The Morgan fingerprint density at radius 2 is 1.75 bits per heavy atom. The van der Waals surface area contributed by atoms with Gasteiger partial charge in [-0.2, -0.15) is 4.31 Å². The number of benzene rings is 2. The monoisotopic (exact) mass is 424 g/mol. The number of hydrogen-bond donors (Lipinski definition) is 1. The highest BCUT2D eigenvalue weighted by Crippen LogP contribution is 2.28. The SMILES string of the molecule is Cc1cc(F)ccc1NC(=O)c1ccc(Cl)c(S(=O)(=O)N2CCCCCC2)c1. The summed E-state index contributed by atoms with van der Waals surface area (Å²) in [6.07, 6.45) is 3.61. The highest BCUT2D eigenvalue weighted by Gasteiger charge is 2.28. The molecule has 1 amide bonds. The van der Waals surface area contributed by atoms with Crippen LogP contribution in [0.4, 0.5) is 10.1 Å². The lowest BCUT2D eigenvalue weighted by atomic mass is 10.1. The standard InChI is InChI=1S/C20H22ClFN2O3S/c1-14-12-16(22)7-9-18(14)23-20(25)15-6-8-17(21)19(13-15)28(26,27)24-10-4-2-3-5-11-24/h6-9,12-13H,2-5,10-11H2,1H3,(H,23,25). The van der Waals surface area contributed by atoms with E-state index >= 15 is 0 Å². The van der Waals surface area contributed by atoms with Gasteiger partial charge in [0.2, 0.25) is 10.0 Å². The van der Waals surface area contributed by atoms with Crippen LogP contribution in [0.3, 0.4) is 0 Å². The van der Waals surface area contributed by atoms with Crippen molar-refractivity contribution in [2.45, 2.75) is 37.5 Å². The van der Waals surface area contributed by atoms with Crippen LogP contribution < -0.4 is 5.32 Å². The number of nitrogens with zero attached hydrogens (tertiary/aromatic N) is 1. The summed E-state index contributed by atoms with van der Waals surface area (Å²) in [7, 11) is -3.79. The van der Waals surface area contributed by atoms with Crippen molar-refractivity contribution in [3.8, 4) is 0 Å². The molecule has 150 valence electrons. The molecule has 0 aromatic heterocycles. The Labute approximate surface area is 169 Å². The molecule has 0 aliphatic carbocycles. The minimum atomic E-state index is -3.79. The van der Waals surface area contributed by atoms with Crippen molar-refractivity contribution in [3.05, 3.63) is 58.4 Å². The second-order valence-electron chi connectivity index (χ2n) is 6.88. The fourth-order valence-electron chi connectivity index (χ4n) is 3.23. The van der Waals surface area contributed by atoms with Crippen LogP contribution in [-0.4, -0.2) is 31.7 Å². The summed E-state index contributed by atoms with van der Waals surface area (Å²) in [5, 5.41) is 2.77. The molecule has 1 aliphatic heterocycles. The number of nitrogens with one attached hydrogen (secondary N) is 1. The second kappa shape index (κ2) is 8.59. The van der Waals surface area contributed by atoms with Crippen LogP contribution in [-0.2, 0) is 10.0 Å². The zero-order valence-electron chi connectivity index (χ0n) is 15.5. The van der Waals surface area contributed by atoms with Crippen LogP contribution in [0.2, 0.25) is 5.02 Å². The maximum Gasteiger partial charge on any atom is 0.255 e. The second-order valence-corrected chi connectivity index (χ2v) is 9.19. The van der Waals surface area contributed by atoms with Crippen LogP contribution in [0, 0.1) is 12.7 Å². The van der Waals surface area contributed by atoms with Gasteiger partial charge in [-0.15, -0.1) is 0 Å². The highest BCUT2D eigenvalue weighted by molar-refractivity contribution is 7.89. The molecule has 1 aliphatic rings. The number of amides is 1. The summed E-state index contributed by atoms with van der Waals surface area (Å²) in [6.45, 7) is 2.57. The van der Waals surface area contributed by atoms with Gasteiger partial charge >= 0.3 is 0 Å². The van der Waals surface area contributed by atoms with E-state index in [9.17, 15) is 17.6 Å². The molecular formula is C20H22ClFN2O3S. The van der Waals surface area contributed by atoms with Crippen molar-refractivity contribution in [1.82, 2.24) is 4.31 Å². The molecule has 1 fully saturated rings. The molecule has 2 aromatic rings. The maximum absolute atomic E-state index is 13.2. The van der Waals surface area contributed by atoms with Gasteiger partial charge in [-0.25, -0.2) is 12.8 Å². The van der Waals surface area contributed by atoms with Crippen molar-refractivity contribution in [3.63, 3.8) is 0 Å². The van der Waals surface area contributed by atoms with Crippen molar-refractivity contribution >= 4 is 33.2 Å². The number of aryl methyl sites for hydroxylation is 1. The Morgan fingerprint density at radius 1 is 1.07 bits per heavy atom. The minimum Gasteiger partial charge on any atom is -0.322 e. The fraction of sp³-hybridized carbons (Fsp3) is 0.350. The topological polar surface area (TPSA) is 66.5 Å². The Morgan fingerprint density at radius 3 is 2.39 bits per heavy atom. The Bertz CT molecular complexity index is 987. The lowest BCUT2D eigenvalue weighted by Gasteiger charge is -2.21. The van der Waals surface area contributed by atoms with Gasteiger partial charge in [0.1, 0.15) is 10.7 Å². The van der Waals surface area contributed by atoms with Gasteiger partial charge in [0, 0.05) is 24.3 Å². The van der Waals surface area contributed by atoms with Gasteiger partial charge in [0.15, 0.2) is 0 Å². The molecule has 3 rings (SSSR count). The zero-order chi connectivity index (χ0) is 20.3. The first-order valence-corrected chi connectivity index (χ1v) is 11.0. The molecule has 28 heavy (non-hydrogen) atoms. The summed E-state index contributed by atoms with van der Waals surface area (Å²) >= 11 is 6.17. The summed E-state index contributed by atoms with van der Waals surface area (Å²) in [4.78, 5) is 12.5. The number of sulfonamides is 1. The number of carbonyl (C=O) groups excluding carboxylic acids is 1. The number of hydrogen-bond acceptors (Lipinski definition) is 3. The number of rotatable bonds is 4. The first kappa shape index (κ1) is 20.8. The Balaban J connectivity index is 1.89. The van der Waals surface area contributed by atoms with Crippen LogP contribution in [0.15, 0.2) is 41.3 Å². The van der Waals surface area contributed by atoms with Crippen molar-refractivity contribution in [1.29, 1.82) is 0 Å². The third kappa shape index (κ3) is 4.54. The summed E-state index contributed by atoms with van der Waals surface area (Å²) in [6, 6.07) is 8.22. The van der Waals surface area contributed by atoms with E-state index in [2.05, 4.69) is 5.32 Å². The minimum absolute atomic E-state index is 0.0699. The van der Waals surface area contributed by atoms with E-state index < -0.39 is 21.7 Å². The molecule has 0 spiro atoms. The highest BCUT2D eigenvalue weighted by atomic mass is 35.5. The number of carbonyl (C=O) groups is 1. The first-order valence-electron chi connectivity index (χ1n) is 9.16. The Hall–Kier alpha value is -1.96. The molecule has 0 saturated carbocycles. The third-order valence-electron chi connectivity index (χ3n) is 4.81. The zero-order valence-corrected chi connectivity index (χ0v) is 17.1. The molecule has 1 saturated heterocycles. The Kier molecular flexibility index (Phi) is 6.37. The fourth-order valence-corrected chi connectivity index (χ4v) is 5.24. The molecule has 8 heteroatoms. The van der Waals surface area contributed by atoms with Gasteiger partial charge in [-0.1, -0.05) is 24.4 Å². The van der Waals surface area contributed by atoms with Crippen molar-refractivity contribution < 1.29 is 17.6 Å². The molecule has 0 bridgehead atoms. The van der Waals surface area contributed by atoms with E-state index in [-0.39, 0.29) is 15.5 Å². The normalized spacial score (nSPS) is 15.8. The van der Waals surface area contributed by atoms with Gasteiger partial charge < -0.3 is 5.32 Å². The van der Waals surface area contributed by atoms with Crippen LogP contribution >= 0.6 is 11.6 Å². The van der Waals surface area contributed by atoms with Gasteiger partial charge in [0.05, 0.1) is 5.02 Å². The molecule has 1 N–H and O–H groups in total. The third-order valence-corrected chi connectivity index (χ3v) is 7.19. The van der Waals surface area contributed by atoms with Gasteiger partial charge in [-0.05, 0) is 61.7 Å². The van der Waals surface area contributed by atoms with Gasteiger partial charge in [-0.3, -0.25) is 4.79 Å². The molecule has 0 radical (unpaired) electrons. The molecule has 2 aromatic carbocycles. The largest absolute Gasteiger partial charge is 0.322 e. The number of halogens is 2. The van der Waals surface area contributed by atoms with Gasteiger partial charge in [0.25, 0.3) is 5.91 Å². The molecular weight excluding hydrogens is 403 g/mol. The summed E-state index contributed by atoms with van der Waals surface area (Å²) in [5.74, 6) is -0.883. The average Bonchev–Trinajstić information content (AvgIpc) is 2.94. The summed E-state index contributed by atoms with van der Waals surface area (Å²) < 4.78 is 40.8. The maximum atomic E-state index is 13.2. The number of anilines is 1. The summed E-state index contributed by atoms with van der Waals surface area (Å²) in [5.41, 5.74) is 1.19.